The summed E-state index contributed by atoms with van der Waals surface area (Å²) in [5.41, 5.74) is 1.01. The molecule has 0 bridgehead atoms. The van der Waals surface area contributed by atoms with Gasteiger partial charge in [-0.3, -0.25) is 0 Å². The first kappa shape index (κ1) is 20.9. The minimum absolute atomic E-state index is 0.0633. The van der Waals surface area contributed by atoms with Crippen molar-refractivity contribution < 1.29 is 13.9 Å². The van der Waals surface area contributed by atoms with Crippen LogP contribution in [0.15, 0.2) is 18.2 Å². The minimum atomic E-state index is -0.330. The van der Waals surface area contributed by atoms with Crippen molar-refractivity contribution in [1.82, 2.24) is 10.2 Å². The summed E-state index contributed by atoms with van der Waals surface area (Å²) in [7, 11) is 0. The van der Waals surface area contributed by atoms with Crippen molar-refractivity contribution in [3.63, 3.8) is 0 Å². The zero-order valence-electron chi connectivity index (χ0n) is 17.2. The monoisotopic (exact) mass is 392 g/mol. The lowest BCUT2D eigenvalue weighted by atomic mass is 10.2. The van der Waals surface area contributed by atoms with Gasteiger partial charge in [-0.25, -0.2) is 9.18 Å². The van der Waals surface area contributed by atoms with Crippen molar-refractivity contribution in [3.8, 4) is 0 Å². The molecular weight excluding hydrogens is 359 g/mol. The number of morpholine rings is 1. The standard InChI is InChI=1S/C21H33FN4O2/c1-4-17(14-25-9-5-6-10-25)23-21(27)24-18-7-8-20(19(22)11-18)26-12-15(2)28-16(3)13-26/h7-8,11,15-17H,4-6,9-10,12-14H2,1-3H3,(H2,23,24,27)/t15-,16-,17+/m0/s1. The average molecular weight is 393 g/mol. The van der Waals surface area contributed by atoms with Gasteiger partial charge in [-0.2, -0.15) is 0 Å². The summed E-state index contributed by atoms with van der Waals surface area (Å²) in [5.74, 6) is -0.330. The molecule has 2 aliphatic rings. The summed E-state index contributed by atoms with van der Waals surface area (Å²) in [6, 6.07) is 4.69. The normalized spacial score (nSPS) is 24.2. The Balaban J connectivity index is 1.56. The highest BCUT2D eigenvalue weighted by atomic mass is 19.1. The molecule has 28 heavy (non-hydrogen) atoms. The fourth-order valence-electron chi connectivity index (χ4n) is 4.12. The predicted molar refractivity (Wildman–Crippen MR) is 111 cm³/mol. The molecule has 6 nitrogen and oxygen atoms in total. The maximum absolute atomic E-state index is 14.7. The first-order valence-corrected chi connectivity index (χ1v) is 10.4. The number of rotatable bonds is 6. The summed E-state index contributed by atoms with van der Waals surface area (Å²) in [6.45, 7) is 10.4. The van der Waals surface area contributed by atoms with Crippen LogP contribution in [0.1, 0.15) is 40.0 Å². The summed E-state index contributed by atoms with van der Waals surface area (Å²) in [4.78, 5) is 16.7. The second-order valence-corrected chi connectivity index (χ2v) is 8.04. The van der Waals surface area contributed by atoms with Gasteiger partial charge in [0, 0.05) is 31.4 Å². The highest BCUT2D eigenvalue weighted by molar-refractivity contribution is 5.89. The fraction of sp³-hybridized carbons (Fsp3) is 0.667. The van der Waals surface area contributed by atoms with Gasteiger partial charge in [-0.1, -0.05) is 6.92 Å². The third-order valence-corrected chi connectivity index (χ3v) is 5.47. The van der Waals surface area contributed by atoms with Crippen LogP contribution in [0.2, 0.25) is 0 Å². The van der Waals surface area contributed by atoms with Crippen molar-refractivity contribution in [3.05, 3.63) is 24.0 Å². The number of halogens is 1. The smallest absolute Gasteiger partial charge is 0.319 e. The molecule has 0 aliphatic carbocycles. The SMILES string of the molecule is CC[C@H](CN1CCCC1)NC(=O)Nc1ccc(N2C[C@H](C)O[C@@H](C)C2)c(F)c1. The largest absolute Gasteiger partial charge is 0.372 e. The molecule has 1 aromatic rings. The fourth-order valence-corrected chi connectivity index (χ4v) is 4.12. The number of anilines is 2. The molecule has 0 spiro atoms. The molecule has 0 radical (unpaired) electrons. The first-order chi connectivity index (χ1) is 13.4. The molecule has 0 unspecified atom stereocenters. The molecular formula is C21H33FN4O2. The number of likely N-dealkylation sites (tertiary alicyclic amines) is 1. The van der Waals surface area contributed by atoms with E-state index < -0.39 is 0 Å². The number of hydrogen-bond donors (Lipinski definition) is 2. The Morgan fingerprint density at radius 1 is 1.25 bits per heavy atom. The topological polar surface area (TPSA) is 56.8 Å². The van der Waals surface area contributed by atoms with Gasteiger partial charge >= 0.3 is 6.03 Å². The number of nitrogens with zero attached hydrogens (tertiary/aromatic N) is 2. The Labute approximate surface area is 167 Å². The third-order valence-electron chi connectivity index (χ3n) is 5.47. The number of carbonyl (C=O) groups excluding carboxylic acids is 1. The van der Waals surface area contributed by atoms with E-state index in [1.165, 1.54) is 18.9 Å². The number of nitrogens with one attached hydrogen (secondary N) is 2. The van der Waals surface area contributed by atoms with Crippen LogP contribution >= 0.6 is 0 Å². The molecule has 0 saturated carbocycles. The molecule has 2 amide bonds. The lowest BCUT2D eigenvalue weighted by molar-refractivity contribution is -0.00539. The van der Waals surface area contributed by atoms with Gasteiger partial charge in [0.15, 0.2) is 0 Å². The molecule has 3 rings (SSSR count). The molecule has 1 aromatic carbocycles. The van der Waals surface area contributed by atoms with Gasteiger partial charge in [-0.15, -0.1) is 0 Å². The van der Waals surface area contributed by atoms with E-state index >= 15 is 0 Å². The molecule has 0 aromatic heterocycles. The minimum Gasteiger partial charge on any atom is -0.372 e. The number of hydrogen-bond acceptors (Lipinski definition) is 4. The molecule has 2 saturated heterocycles. The highest BCUT2D eigenvalue weighted by Gasteiger charge is 2.24. The number of ether oxygens (including phenoxy) is 1. The van der Waals surface area contributed by atoms with E-state index in [9.17, 15) is 9.18 Å². The van der Waals surface area contributed by atoms with Crippen molar-refractivity contribution in [2.45, 2.75) is 58.3 Å². The molecule has 2 aliphatic heterocycles. The van der Waals surface area contributed by atoms with Gasteiger partial charge in [-0.05, 0) is 64.4 Å². The Bertz CT molecular complexity index is 656. The zero-order chi connectivity index (χ0) is 20.1. The quantitative estimate of drug-likeness (QED) is 0.779. The van der Waals surface area contributed by atoms with Crippen molar-refractivity contribution >= 4 is 17.4 Å². The second-order valence-electron chi connectivity index (χ2n) is 8.04. The summed E-state index contributed by atoms with van der Waals surface area (Å²) >= 11 is 0. The number of urea groups is 1. The lowest BCUT2D eigenvalue weighted by Gasteiger charge is -2.37. The lowest BCUT2D eigenvalue weighted by Crippen LogP contribution is -2.45. The second kappa shape index (κ2) is 9.56. The predicted octanol–water partition coefficient (Wildman–Crippen LogP) is 3.44. The molecule has 2 heterocycles. The van der Waals surface area contributed by atoms with E-state index in [1.54, 1.807) is 12.1 Å². The Morgan fingerprint density at radius 3 is 2.54 bits per heavy atom. The van der Waals surface area contributed by atoms with E-state index in [2.05, 4.69) is 22.5 Å². The summed E-state index contributed by atoms with van der Waals surface area (Å²) in [6.07, 6.45) is 3.45. The number of amides is 2. The van der Waals surface area contributed by atoms with E-state index in [1.807, 2.05) is 18.7 Å². The van der Waals surface area contributed by atoms with Gasteiger partial charge in [0.25, 0.3) is 0 Å². The van der Waals surface area contributed by atoms with Crippen molar-refractivity contribution in [2.24, 2.45) is 0 Å². The highest BCUT2D eigenvalue weighted by Crippen LogP contribution is 2.26. The molecule has 2 N–H and O–H groups in total. The average Bonchev–Trinajstić information content (AvgIpc) is 3.13. The van der Waals surface area contributed by atoms with Gasteiger partial charge in [0.05, 0.1) is 17.9 Å². The van der Waals surface area contributed by atoms with Crippen LogP contribution in [-0.4, -0.2) is 61.9 Å². The summed E-state index contributed by atoms with van der Waals surface area (Å²) in [5, 5.41) is 5.78. The van der Waals surface area contributed by atoms with Crippen LogP contribution < -0.4 is 15.5 Å². The van der Waals surface area contributed by atoms with Crippen LogP contribution in [0.4, 0.5) is 20.6 Å². The molecule has 156 valence electrons. The third kappa shape index (κ3) is 5.58. The molecule has 7 heteroatoms. The first-order valence-electron chi connectivity index (χ1n) is 10.4. The maximum atomic E-state index is 14.7. The van der Waals surface area contributed by atoms with Crippen molar-refractivity contribution in [2.75, 3.05) is 42.9 Å². The Kier molecular flexibility index (Phi) is 7.13. The molecule has 2 fully saturated rings. The van der Waals surface area contributed by atoms with Crippen LogP contribution in [0.5, 0.6) is 0 Å². The van der Waals surface area contributed by atoms with Crippen LogP contribution in [0.25, 0.3) is 0 Å². The Hall–Kier alpha value is -1.86. The number of benzene rings is 1. The summed E-state index contributed by atoms with van der Waals surface area (Å²) < 4.78 is 20.4. The van der Waals surface area contributed by atoms with Gasteiger partial charge < -0.3 is 25.2 Å². The molecule has 3 atom stereocenters. The number of carbonyl (C=O) groups is 1. The van der Waals surface area contributed by atoms with Crippen molar-refractivity contribution in [1.29, 1.82) is 0 Å². The van der Waals surface area contributed by atoms with E-state index in [-0.39, 0.29) is 30.1 Å². The van der Waals surface area contributed by atoms with E-state index in [0.29, 0.717) is 24.5 Å². The van der Waals surface area contributed by atoms with Crippen LogP contribution in [0.3, 0.4) is 0 Å². The van der Waals surface area contributed by atoms with Gasteiger partial charge in [0.1, 0.15) is 5.82 Å². The van der Waals surface area contributed by atoms with Crippen LogP contribution in [-0.2, 0) is 4.74 Å². The van der Waals surface area contributed by atoms with Crippen LogP contribution in [0, 0.1) is 5.82 Å². The Morgan fingerprint density at radius 2 is 1.93 bits per heavy atom. The maximum Gasteiger partial charge on any atom is 0.319 e. The zero-order valence-corrected chi connectivity index (χ0v) is 17.2. The van der Waals surface area contributed by atoms with E-state index in [0.717, 1.165) is 26.1 Å². The van der Waals surface area contributed by atoms with Gasteiger partial charge in [0.2, 0.25) is 0 Å². The van der Waals surface area contributed by atoms with E-state index in [4.69, 9.17) is 4.74 Å².